The number of anilines is 1. The molecule has 0 unspecified atom stereocenters. The van der Waals surface area contributed by atoms with Crippen LogP contribution in [-0.4, -0.2) is 15.5 Å². The van der Waals surface area contributed by atoms with Gasteiger partial charge in [-0.15, -0.1) is 11.3 Å². The van der Waals surface area contributed by atoms with Crippen LogP contribution in [0.1, 0.15) is 10.4 Å². The number of sulfonamides is 1. The Morgan fingerprint density at radius 1 is 1.30 bits per heavy atom. The number of methoxy groups -OCH3 is 1. The van der Waals surface area contributed by atoms with Gasteiger partial charge in [0.2, 0.25) is 0 Å². The highest BCUT2D eigenvalue weighted by molar-refractivity contribution is 7.94. The van der Waals surface area contributed by atoms with Crippen molar-refractivity contribution in [2.45, 2.75) is 17.7 Å². The zero-order valence-corrected chi connectivity index (χ0v) is 12.8. The molecule has 0 bridgehead atoms. The maximum atomic E-state index is 12.3. The Bertz CT molecular complexity index is 708. The van der Waals surface area contributed by atoms with Crippen LogP contribution in [0.15, 0.2) is 34.5 Å². The number of thiophene rings is 1. The van der Waals surface area contributed by atoms with Gasteiger partial charge < -0.3 is 10.5 Å². The number of ether oxygens (including phenoxy) is 1. The van der Waals surface area contributed by atoms with Gasteiger partial charge >= 0.3 is 0 Å². The summed E-state index contributed by atoms with van der Waals surface area (Å²) in [6.07, 6.45) is 0. The van der Waals surface area contributed by atoms with Gasteiger partial charge in [0.05, 0.1) is 12.8 Å². The minimum atomic E-state index is -3.62. The van der Waals surface area contributed by atoms with E-state index in [9.17, 15) is 8.42 Å². The van der Waals surface area contributed by atoms with Crippen molar-refractivity contribution in [1.29, 1.82) is 0 Å². The highest BCUT2D eigenvalue weighted by Gasteiger charge is 2.18. The van der Waals surface area contributed by atoms with Gasteiger partial charge in [-0.1, -0.05) is 6.07 Å². The quantitative estimate of drug-likeness (QED) is 0.888. The molecule has 7 heteroatoms. The summed E-state index contributed by atoms with van der Waals surface area (Å²) < 4.78 is 32.6. The van der Waals surface area contributed by atoms with E-state index in [1.54, 1.807) is 24.3 Å². The van der Waals surface area contributed by atoms with Gasteiger partial charge in [-0.2, -0.15) is 0 Å². The fraction of sp³-hybridized carbons (Fsp3) is 0.231. The fourth-order valence-corrected chi connectivity index (χ4v) is 4.00. The van der Waals surface area contributed by atoms with E-state index in [-0.39, 0.29) is 4.21 Å². The smallest absolute Gasteiger partial charge is 0.271 e. The minimum Gasteiger partial charge on any atom is -0.495 e. The van der Waals surface area contributed by atoms with Crippen LogP contribution in [0.3, 0.4) is 0 Å². The van der Waals surface area contributed by atoms with E-state index in [0.717, 1.165) is 21.8 Å². The molecule has 0 atom stereocenters. The molecule has 0 radical (unpaired) electrons. The first-order valence-electron chi connectivity index (χ1n) is 5.92. The second-order valence-electron chi connectivity index (χ2n) is 4.23. The topological polar surface area (TPSA) is 81.4 Å². The van der Waals surface area contributed by atoms with Crippen molar-refractivity contribution in [3.8, 4) is 5.75 Å². The SMILES string of the molecule is COc1ccc(C)cc1NS(=O)(=O)c1ccc(CN)s1. The minimum absolute atomic E-state index is 0.238. The predicted molar refractivity (Wildman–Crippen MR) is 80.7 cm³/mol. The van der Waals surface area contributed by atoms with E-state index >= 15 is 0 Å². The van der Waals surface area contributed by atoms with Crippen molar-refractivity contribution >= 4 is 27.0 Å². The van der Waals surface area contributed by atoms with Gasteiger partial charge in [-0.25, -0.2) is 8.42 Å². The van der Waals surface area contributed by atoms with Crippen LogP contribution in [0.5, 0.6) is 5.75 Å². The van der Waals surface area contributed by atoms with Gasteiger partial charge in [-0.05, 0) is 36.8 Å². The average molecular weight is 312 g/mol. The molecule has 0 fully saturated rings. The standard InChI is InChI=1S/C13H16N2O3S2/c1-9-3-5-12(18-2)11(7-9)15-20(16,17)13-6-4-10(8-14)19-13/h3-7,15H,8,14H2,1-2H3. The van der Waals surface area contributed by atoms with E-state index in [1.165, 1.54) is 7.11 Å². The van der Waals surface area contributed by atoms with E-state index in [1.807, 2.05) is 13.0 Å². The summed E-state index contributed by atoms with van der Waals surface area (Å²) in [6, 6.07) is 8.58. The molecule has 0 saturated carbocycles. The summed E-state index contributed by atoms with van der Waals surface area (Å²) in [6.45, 7) is 2.21. The van der Waals surface area contributed by atoms with Crippen LogP contribution in [0, 0.1) is 6.92 Å². The summed E-state index contributed by atoms with van der Waals surface area (Å²) in [5, 5.41) is 0. The normalized spacial score (nSPS) is 11.3. The number of rotatable bonds is 5. The van der Waals surface area contributed by atoms with Crippen LogP contribution in [0.25, 0.3) is 0 Å². The third kappa shape index (κ3) is 3.12. The lowest BCUT2D eigenvalue weighted by Crippen LogP contribution is -2.12. The van der Waals surface area contributed by atoms with Crippen molar-refractivity contribution in [2.24, 2.45) is 5.73 Å². The molecule has 0 aliphatic heterocycles. The van der Waals surface area contributed by atoms with Crippen molar-refractivity contribution in [3.05, 3.63) is 40.8 Å². The first-order valence-corrected chi connectivity index (χ1v) is 8.22. The summed E-state index contributed by atoms with van der Waals surface area (Å²) in [5.74, 6) is 0.481. The van der Waals surface area contributed by atoms with Crippen molar-refractivity contribution in [3.63, 3.8) is 0 Å². The first kappa shape index (κ1) is 14.8. The number of aryl methyl sites for hydroxylation is 1. The Morgan fingerprint density at radius 3 is 2.65 bits per heavy atom. The maximum absolute atomic E-state index is 12.3. The molecule has 0 amide bonds. The second-order valence-corrected chi connectivity index (χ2v) is 7.31. The average Bonchev–Trinajstić information content (AvgIpc) is 2.88. The van der Waals surface area contributed by atoms with Gasteiger partial charge in [0, 0.05) is 11.4 Å². The zero-order chi connectivity index (χ0) is 14.8. The fourth-order valence-electron chi connectivity index (χ4n) is 1.71. The van der Waals surface area contributed by atoms with Gasteiger partial charge in [0.25, 0.3) is 10.0 Å². The van der Waals surface area contributed by atoms with Gasteiger partial charge in [0.15, 0.2) is 0 Å². The Hall–Kier alpha value is -1.57. The lowest BCUT2D eigenvalue weighted by Gasteiger charge is -2.11. The molecule has 1 heterocycles. The van der Waals surface area contributed by atoms with Crippen LogP contribution in [0.2, 0.25) is 0 Å². The largest absolute Gasteiger partial charge is 0.495 e. The first-order chi connectivity index (χ1) is 9.46. The Labute approximate surface area is 122 Å². The van der Waals surface area contributed by atoms with Crippen molar-refractivity contribution < 1.29 is 13.2 Å². The van der Waals surface area contributed by atoms with Crippen LogP contribution >= 0.6 is 11.3 Å². The van der Waals surface area contributed by atoms with E-state index in [4.69, 9.17) is 10.5 Å². The molecule has 0 aliphatic carbocycles. The molecule has 0 saturated heterocycles. The molecular formula is C13H16N2O3S2. The molecule has 0 aliphatic rings. The number of benzene rings is 1. The van der Waals surface area contributed by atoms with Crippen LogP contribution < -0.4 is 15.2 Å². The molecule has 1 aromatic carbocycles. The van der Waals surface area contributed by atoms with Crippen molar-refractivity contribution in [2.75, 3.05) is 11.8 Å². The predicted octanol–water partition coefficient (Wildman–Crippen LogP) is 2.32. The lowest BCUT2D eigenvalue weighted by atomic mass is 10.2. The van der Waals surface area contributed by atoms with Gasteiger partial charge in [0.1, 0.15) is 9.96 Å². The maximum Gasteiger partial charge on any atom is 0.271 e. The number of hydrogen-bond acceptors (Lipinski definition) is 5. The number of nitrogens with one attached hydrogen (secondary N) is 1. The van der Waals surface area contributed by atoms with Crippen molar-refractivity contribution in [1.82, 2.24) is 0 Å². The molecule has 0 spiro atoms. The van der Waals surface area contributed by atoms with Gasteiger partial charge in [-0.3, -0.25) is 4.72 Å². The van der Waals surface area contributed by atoms with E-state index in [0.29, 0.717) is 18.0 Å². The second kappa shape index (κ2) is 5.82. The molecule has 3 N–H and O–H groups in total. The molecule has 20 heavy (non-hydrogen) atoms. The lowest BCUT2D eigenvalue weighted by molar-refractivity contribution is 0.417. The molecule has 108 valence electrons. The number of hydrogen-bond donors (Lipinski definition) is 2. The molecule has 5 nitrogen and oxygen atoms in total. The van der Waals surface area contributed by atoms with E-state index < -0.39 is 10.0 Å². The molecular weight excluding hydrogens is 296 g/mol. The van der Waals surface area contributed by atoms with E-state index in [2.05, 4.69) is 4.72 Å². The zero-order valence-electron chi connectivity index (χ0n) is 11.2. The highest BCUT2D eigenvalue weighted by atomic mass is 32.2. The van der Waals surface area contributed by atoms with Crippen LogP contribution in [0.4, 0.5) is 5.69 Å². The summed E-state index contributed by atoms with van der Waals surface area (Å²) in [7, 11) is -2.12. The highest BCUT2D eigenvalue weighted by Crippen LogP contribution is 2.29. The Kier molecular flexibility index (Phi) is 4.32. The molecule has 2 aromatic rings. The monoisotopic (exact) mass is 312 g/mol. The third-order valence-corrected chi connectivity index (χ3v) is 5.67. The summed E-state index contributed by atoms with van der Waals surface area (Å²) in [5.41, 5.74) is 6.87. The summed E-state index contributed by atoms with van der Waals surface area (Å²) in [4.78, 5) is 0.821. The third-order valence-electron chi connectivity index (χ3n) is 2.70. The van der Waals surface area contributed by atoms with Crippen LogP contribution in [-0.2, 0) is 16.6 Å². The molecule has 1 aromatic heterocycles. The number of nitrogens with two attached hydrogens (primary N) is 1. The Morgan fingerprint density at radius 2 is 2.05 bits per heavy atom. The summed E-state index contributed by atoms with van der Waals surface area (Å²) >= 11 is 1.16. The molecule has 2 rings (SSSR count). The Balaban J connectivity index is 2.35.